The van der Waals surface area contributed by atoms with Gasteiger partial charge in [-0.25, -0.2) is 0 Å². The van der Waals surface area contributed by atoms with E-state index in [0.717, 1.165) is 0 Å². The molecule has 0 aliphatic carbocycles. The van der Waals surface area contributed by atoms with Gasteiger partial charge in [-0.05, 0) is 31.9 Å². The van der Waals surface area contributed by atoms with Crippen molar-refractivity contribution >= 4 is 23.3 Å². The predicted molar refractivity (Wildman–Crippen MR) is 76.0 cm³/mol. The molecule has 0 saturated heterocycles. The SMILES string of the molecule is Cc1cc(C)c([N+](=O)[O-])cc1NC(=O)C(N)CCC(=O)O. The number of nitro benzene ring substituents is 1. The first-order valence-electron chi connectivity index (χ1n) is 6.26. The summed E-state index contributed by atoms with van der Waals surface area (Å²) < 4.78 is 0. The molecule has 0 fully saturated rings. The smallest absolute Gasteiger partial charge is 0.303 e. The Morgan fingerprint density at radius 2 is 2.00 bits per heavy atom. The number of benzene rings is 1. The molecule has 0 radical (unpaired) electrons. The number of aliphatic carboxylic acids is 1. The van der Waals surface area contributed by atoms with E-state index in [4.69, 9.17) is 10.8 Å². The standard InChI is InChI=1S/C13H17N3O5/c1-7-5-8(2)11(16(20)21)6-10(7)15-13(19)9(14)3-4-12(17)18/h5-6,9H,3-4,14H2,1-2H3,(H,15,19)(H,17,18). The molecule has 1 amide bonds. The van der Waals surface area contributed by atoms with E-state index < -0.39 is 22.8 Å². The fraction of sp³-hybridized carbons (Fsp3) is 0.385. The van der Waals surface area contributed by atoms with E-state index in [9.17, 15) is 19.7 Å². The maximum atomic E-state index is 11.8. The molecule has 21 heavy (non-hydrogen) atoms. The summed E-state index contributed by atoms with van der Waals surface area (Å²) in [5.74, 6) is -1.61. The Hall–Kier alpha value is -2.48. The van der Waals surface area contributed by atoms with Gasteiger partial charge in [-0.1, -0.05) is 0 Å². The maximum Gasteiger partial charge on any atom is 0.303 e. The second-order valence-electron chi connectivity index (χ2n) is 4.74. The van der Waals surface area contributed by atoms with Gasteiger partial charge in [0.05, 0.1) is 16.7 Å². The van der Waals surface area contributed by atoms with Crippen LogP contribution in [0.1, 0.15) is 24.0 Å². The van der Waals surface area contributed by atoms with Crippen molar-refractivity contribution in [2.75, 3.05) is 5.32 Å². The van der Waals surface area contributed by atoms with Crippen LogP contribution >= 0.6 is 0 Å². The zero-order valence-corrected chi connectivity index (χ0v) is 11.8. The van der Waals surface area contributed by atoms with E-state index in [1.165, 1.54) is 6.07 Å². The molecule has 4 N–H and O–H groups in total. The number of carbonyl (C=O) groups is 2. The fourth-order valence-electron chi connectivity index (χ4n) is 1.81. The van der Waals surface area contributed by atoms with Gasteiger partial charge in [-0.15, -0.1) is 0 Å². The lowest BCUT2D eigenvalue weighted by atomic mass is 10.1. The third-order valence-corrected chi connectivity index (χ3v) is 3.00. The summed E-state index contributed by atoms with van der Waals surface area (Å²) in [4.78, 5) is 32.6. The highest BCUT2D eigenvalue weighted by Gasteiger charge is 2.18. The molecule has 1 aromatic rings. The molecule has 0 bridgehead atoms. The number of aryl methyl sites for hydroxylation is 2. The molecule has 1 rings (SSSR count). The van der Waals surface area contributed by atoms with E-state index in [2.05, 4.69) is 5.32 Å². The summed E-state index contributed by atoms with van der Waals surface area (Å²) in [6.45, 7) is 3.31. The van der Waals surface area contributed by atoms with E-state index in [1.54, 1.807) is 19.9 Å². The van der Waals surface area contributed by atoms with E-state index >= 15 is 0 Å². The first-order valence-corrected chi connectivity index (χ1v) is 6.26. The van der Waals surface area contributed by atoms with Crippen LogP contribution in [-0.4, -0.2) is 27.9 Å². The summed E-state index contributed by atoms with van der Waals surface area (Å²) in [5, 5.41) is 21.9. The van der Waals surface area contributed by atoms with Crippen molar-refractivity contribution in [3.63, 3.8) is 0 Å². The van der Waals surface area contributed by atoms with Crippen molar-refractivity contribution in [2.24, 2.45) is 5.73 Å². The van der Waals surface area contributed by atoms with Crippen LogP contribution in [-0.2, 0) is 9.59 Å². The molecule has 1 atom stereocenters. The number of rotatable bonds is 6. The largest absolute Gasteiger partial charge is 0.481 e. The molecule has 0 saturated carbocycles. The quantitative estimate of drug-likeness (QED) is 0.535. The minimum atomic E-state index is -1.04. The predicted octanol–water partition coefficient (Wildman–Crippen LogP) is 1.34. The highest BCUT2D eigenvalue weighted by atomic mass is 16.6. The van der Waals surface area contributed by atoms with Crippen LogP contribution in [0.15, 0.2) is 12.1 Å². The van der Waals surface area contributed by atoms with Gasteiger partial charge in [0.1, 0.15) is 0 Å². The second-order valence-corrected chi connectivity index (χ2v) is 4.74. The number of carboxylic acids is 1. The summed E-state index contributed by atoms with van der Waals surface area (Å²) in [6.07, 6.45) is -0.226. The average molecular weight is 295 g/mol. The van der Waals surface area contributed by atoms with Gasteiger partial charge < -0.3 is 16.2 Å². The first-order chi connectivity index (χ1) is 9.72. The van der Waals surface area contributed by atoms with Crippen LogP contribution in [0.2, 0.25) is 0 Å². The Balaban J connectivity index is 2.87. The number of hydrogen-bond donors (Lipinski definition) is 3. The van der Waals surface area contributed by atoms with Gasteiger partial charge in [0.15, 0.2) is 0 Å². The lowest BCUT2D eigenvalue weighted by molar-refractivity contribution is -0.385. The molecule has 1 unspecified atom stereocenters. The lowest BCUT2D eigenvalue weighted by Gasteiger charge is -2.13. The third kappa shape index (κ3) is 4.53. The second kappa shape index (κ2) is 6.80. The monoisotopic (exact) mass is 295 g/mol. The molecule has 114 valence electrons. The van der Waals surface area contributed by atoms with Crippen molar-refractivity contribution in [3.8, 4) is 0 Å². The first kappa shape index (κ1) is 16.6. The number of nitrogens with two attached hydrogens (primary N) is 1. The lowest BCUT2D eigenvalue weighted by Crippen LogP contribution is -2.36. The van der Waals surface area contributed by atoms with Crippen molar-refractivity contribution in [3.05, 3.63) is 33.4 Å². The Morgan fingerprint density at radius 1 is 1.38 bits per heavy atom. The van der Waals surface area contributed by atoms with Crippen LogP contribution in [0.25, 0.3) is 0 Å². The average Bonchev–Trinajstić information content (AvgIpc) is 2.38. The summed E-state index contributed by atoms with van der Waals surface area (Å²) in [5.41, 5.74) is 6.93. The number of carboxylic acid groups (broad SMARTS) is 1. The number of nitrogens with one attached hydrogen (secondary N) is 1. The molecule has 8 heteroatoms. The molecule has 0 aliphatic rings. The van der Waals surface area contributed by atoms with Crippen LogP contribution < -0.4 is 11.1 Å². The van der Waals surface area contributed by atoms with Gasteiger partial charge >= 0.3 is 5.97 Å². The molecule has 0 aliphatic heterocycles. The summed E-state index contributed by atoms with van der Waals surface area (Å²) >= 11 is 0. The van der Waals surface area contributed by atoms with Crippen LogP contribution in [0.4, 0.5) is 11.4 Å². The van der Waals surface area contributed by atoms with E-state index in [0.29, 0.717) is 16.8 Å². The minimum Gasteiger partial charge on any atom is -0.481 e. The van der Waals surface area contributed by atoms with E-state index in [1.807, 2.05) is 0 Å². The van der Waals surface area contributed by atoms with Crippen molar-refractivity contribution in [1.82, 2.24) is 0 Å². The summed E-state index contributed by atoms with van der Waals surface area (Å²) in [6, 6.07) is 1.88. The maximum absolute atomic E-state index is 11.8. The number of nitrogens with zero attached hydrogens (tertiary/aromatic N) is 1. The molecule has 0 heterocycles. The topological polar surface area (TPSA) is 136 Å². The van der Waals surface area contributed by atoms with Gasteiger partial charge in [-0.3, -0.25) is 19.7 Å². The Labute approximate surface area is 121 Å². The fourth-order valence-corrected chi connectivity index (χ4v) is 1.81. The van der Waals surface area contributed by atoms with Gasteiger partial charge in [0.25, 0.3) is 5.69 Å². The molecule has 8 nitrogen and oxygen atoms in total. The van der Waals surface area contributed by atoms with Gasteiger partial charge in [0, 0.05) is 18.1 Å². The minimum absolute atomic E-state index is 0.00578. The van der Waals surface area contributed by atoms with Crippen LogP contribution in [0.3, 0.4) is 0 Å². The molecule has 1 aromatic carbocycles. The number of anilines is 1. The highest BCUT2D eigenvalue weighted by Crippen LogP contribution is 2.26. The van der Waals surface area contributed by atoms with E-state index in [-0.39, 0.29) is 18.5 Å². The number of carbonyl (C=O) groups excluding carboxylic acids is 1. The molecular formula is C13H17N3O5. The number of amides is 1. The number of hydrogen-bond acceptors (Lipinski definition) is 5. The summed E-state index contributed by atoms with van der Waals surface area (Å²) in [7, 11) is 0. The zero-order chi connectivity index (χ0) is 16.2. The molecule has 0 spiro atoms. The zero-order valence-electron chi connectivity index (χ0n) is 11.8. The van der Waals surface area contributed by atoms with Gasteiger partial charge in [0.2, 0.25) is 5.91 Å². The van der Waals surface area contributed by atoms with Gasteiger partial charge in [-0.2, -0.15) is 0 Å². The van der Waals surface area contributed by atoms with Crippen LogP contribution in [0.5, 0.6) is 0 Å². The van der Waals surface area contributed by atoms with Crippen molar-refractivity contribution < 1.29 is 19.6 Å². The Morgan fingerprint density at radius 3 is 2.52 bits per heavy atom. The molecule has 0 aromatic heterocycles. The highest BCUT2D eigenvalue weighted by molar-refractivity contribution is 5.95. The van der Waals surface area contributed by atoms with Crippen molar-refractivity contribution in [2.45, 2.75) is 32.7 Å². The van der Waals surface area contributed by atoms with Crippen LogP contribution in [0, 0.1) is 24.0 Å². The third-order valence-electron chi connectivity index (χ3n) is 3.00. The normalized spacial score (nSPS) is 11.8. The number of nitro groups is 1. The molecular weight excluding hydrogens is 278 g/mol. The Bertz CT molecular complexity index is 585. The Kier molecular flexibility index (Phi) is 5.37. The van der Waals surface area contributed by atoms with Crippen molar-refractivity contribution in [1.29, 1.82) is 0 Å².